The second kappa shape index (κ2) is 4.63. The second-order valence-electron chi connectivity index (χ2n) is 3.81. The fraction of sp³-hybridized carbons (Fsp3) is 0. The van der Waals surface area contributed by atoms with Gasteiger partial charge >= 0.3 is 0 Å². The number of rotatable bonds is 2. The molecule has 3 aromatic rings. The molecule has 0 aliphatic heterocycles. The van der Waals surface area contributed by atoms with Crippen LogP contribution in [0.2, 0.25) is 0 Å². The number of nitrogen functional groups attached to an aromatic ring is 1. The van der Waals surface area contributed by atoms with E-state index in [1.165, 1.54) is 16.3 Å². The first-order chi connectivity index (χ1) is 9.29. The molecule has 0 aliphatic carbocycles. The second-order valence-corrected chi connectivity index (χ2v) is 4.87. The average Bonchev–Trinajstić information content (AvgIpc) is 2.89. The molecular weight excluding hydrogens is 258 g/mol. The summed E-state index contributed by atoms with van der Waals surface area (Å²) in [5, 5.41) is 13.9. The summed E-state index contributed by atoms with van der Waals surface area (Å²) in [6, 6.07) is 13.6. The Morgan fingerprint density at radius 2 is 2.00 bits per heavy atom. The van der Waals surface area contributed by atoms with Gasteiger partial charge in [0.25, 0.3) is 0 Å². The molecule has 0 saturated carbocycles. The van der Waals surface area contributed by atoms with E-state index in [4.69, 9.17) is 5.73 Å². The number of hydrogen-bond acceptors (Lipinski definition) is 5. The van der Waals surface area contributed by atoms with Crippen LogP contribution in [0.25, 0.3) is 5.65 Å². The molecule has 0 aliphatic rings. The molecule has 0 fully saturated rings. The molecule has 6 heteroatoms. The van der Waals surface area contributed by atoms with Crippen LogP contribution in [-0.2, 0) is 0 Å². The molecule has 2 aromatic heterocycles. The van der Waals surface area contributed by atoms with Gasteiger partial charge in [0.15, 0.2) is 5.65 Å². The van der Waals surface area contributed by atoms with Crippen molar-refractivity contribution in [2.45, 2.75) is 9.92 Å². The summed E-state index contributed by atoms with van der Waals surface area (Å²) in [7, 11) is 0. The molecule has 3 rings (SSSR count). The zero-order valence-corrected chi connectivity index (χ0v) is 10.6. The normalized spacial score (nSPS) is 10.5. The molecule has 0 bridgehead atoms. The lowest BCUT2D eigenvalue weighted by molar-refractivity contribution is 0.920. The summed E-state index contributed by atoms with van der Waals surface area (Å²) in [4.78, 5) is 5.43. The Hall–Kier alpha value is -2.52. The first-order valence-electron chi connectivity index (χ1n) is 5.56. The van der Waals surface area contributed by atoms with Crippen LogP contribution >= 0.6 is 11.8 Å². The maximum absolute atomic E-state index is 9.25. The minimum atomic E-state index is 0.316. The van der Waals surface area contributed by atoms with E-state index in [2.05, 4.69) is 16.2 Å². The van der Waals surface area contributed by atoms with E-state index in [9.17, 15) is 5.26 Å². The number of aromatic nitrogens is 3. The molecule has 0 atom stereocenters. The monoisotopic (exact) mass is 267 g/mol. The highest BCUT2D eigenvalue weighted by Gasteiger charge is 2.14. The van der Waals surface area contributed by atoms with Gasteiger partial charge in [-0.05, 0) is 12.1 Å². The first kappa shape index (κ1) is 11.6. The quantitative estimate of drug-likeness (QED) is 0.721. The van der Waals surface area contributed by atoms with Crippen molar-refractivity contribution in [1.82, 2.24) is 14.6 Å². The largest absolute Gasteiger partial charge is 0.382 e. The van der Waals surface area contributed by atoms with Gasteiger partial charge in [-0.15, -0.1) is 0 Å². The predicted molar refractivity (Wildman–Crippen MR) is 72.7 cm³/mol. The van der Waals surface area contributed by atoms with Crippen molar-refractivity contribution in [3.8, 4) is 6.07 Å². The third-order valence-corrected chi connectivity index (χ3v) is 3.60. The number of nitriles is 1. The van der Waals surface area contributed by atoms with Crippen LogP contribution < -0.4 is 5.73 Å². The highest BCUT2D eigenvalue weighted by molar-refractivity contribution is 7.99. The van der Waals surface area contributed by atoms with Crippen molar-refractivity contribution < 1.29 is 0 Å². The highest BCUT2D eigenvalue weighted by atomic mass is 32.2. The van der Waals surface area contributed by atoms with Gasteiger partial charge in [-0.25, -0.2) is 4.98 Å². The molecule has 92 valence electrons. The van der Waals surface area contributed by atoms with Gasteiger partial charge in [-0.3, -0.25) is 0 Å². The molecule has 2 N–H and O–H groups in total. The average molecular weight is 267 g/mol. The molecular formula is C13H9N5S. The van der Waals surface area contributed by atoms with Crippen molar-refractivity contribution in [3.05, 3.63) is 48.2 Å². The lowest BCUT2D eigenvalue weighted by Crippen LogP contribution is -2.05. The molecule has 0 radical (unpaired) electrons. The summed E-state index contributed by atoms with van der Waals surface area (Å²) in [5.41, 5.74) is 6.94. The molecule has 1 aromatic carbocycles. The fourth-order valence-electron chi connectivity index (χ4n) is 1.72. The van der Waals surface area contributed by atoms with Crippen LogP contribution in [0.4, 0.5) is 5.82 Å². The van der Waals surface area contributed by atoms with Crippen LogP contribution in [0.15, 0.2) is 52.5 Å². The van der Waals surface area contributed by atoms with Gasteiger partial charge in [-0.2, -0.15) is 14.9 Å². The Morgan fingerprint density at radius 1 is 1.21 bits per heavy atom. The molecule has 0 saturated heterocycles. The van der Waals surface area contributed by atoms with Gasteiger partial charge in [0.1, 0.15) is 22.5 Å². The van der Waals surface area contributed by atoms with Crippen molar-refractivity contribution in [3.63, 3.8) is 0 Å². The first-order valence-corrected chi connectivity index (χ1v) is 6.37. The molecule has 19 heavy (non-hydrogen) atoms. The highest BCUT2D eigenvalue weighted by Crippen LogP contribution is 2.31. The van der Waals surface area contributed by atoms with Crippen molar-refractivity contribution in [2.24, 2.45) is 0 Å². The van der Waals surface area contributed by atoms with Gasteiger partial charge in [0.05, 0.1) is 6.20 Å². The van der Waals surface area contributed by atoms with Crippen LogP contribution in [-0.4, -0.2) is 14.6 Å². The zero-order valence-electron chi connectivity index (χ0n) is 9.82. The van der Waals surface area contributed by atoms with Gasteiger partial charge in [0.2, 0.25) is 0 Å². The van der Waals surface area contributed by atoms with E-state index < -0.39 is 0 Å². The number of nitrogens with zero attached hydrogens (tertiary/aromatic N) is 4. The van der Waals surface area contributed by atoms with Crippen LogP contribution in [0.3, 0.4) is 0 Å². The molecule has 5 nitrogen and oxygen atoms in total. The van der Waals surface area contributed by atoms with E-state index in [0.717, 1.165) is 4.90 Å². The lowest BCUT2D eigenvalue weighted by Gasteiger charge is -2.07. The molecule has 0 unspecified atom stereocenters. The van der Waals surface area contributed by atoms with E-state index in [0.29, 0.717) is 22.1 Å². The number of benzene rings is 1. The SMILES string of the molecule is N#Cc1c(Sc2ccccc2)nc2ccnn2c1N. The van der Waals surface area contributed by atoms with Gasteiger partial charge in [0, 0.05) is 11.0 Å². The fourth-order valence-corrected chi connectivity index (χ4v) is 2.63. The number of anilines is 1. The smallest absolute Gasteiger partial charge is 0.158 e. The maximum Gasteiger partial charge on any atom is 0.158 e. The lowest BCUT2D eigenvalue weighted by atomic mass is 10.3. The van der Waals surface area contributed by atoms with Crippen molar-refractivity contribution in [2.75, 3.05) is 5.73 Å². The molecule has 0 amide bonds. The maximum atomic E-state index is 9.25. The molecule has 2 heterocycles. The Kier molecular flexibility index (Phi) is 2.82. The van der Waals surface area contributed by atoms with Gasteiger partial charge in [-0.1, -0.05) is 30.0 Å². The summed E-state index contributed by atoms with van der Waals surface area (Å²) < 4.78 is 1.47. The number of fused-ring (bicyclic) bond motifs is 1. The minimum Gasteiger partial charge on any atom is -0.382 e. The van der Waals surface area contributed by atoms with E-state index >= 15 is 0 Å². The third-order valence-electron chi connectivity index (χ3n) is 2.61. The van der Waals surface area contributed by atoms with Crippen molar-refractivity contribution >= 4 is 23.2 Å². The van der Waals surface area contributed by atoms with E-state index in [1.807, 2.05) is 30.3 Å². The minimum absolute atomic E-state index is 0.316. The van der Waals surface area contributed by atoms with Gasteiger partial charge < -0.3 is 5.73 Å². The summed E-state index contributed by atoms with van der Waals surface area (Å²) in [6.45, 7) is 0. The topological polar surface area (TPSA) is 80.0 Å². The van der Waals surface area contributed by atoms with E-state index in [1.54, 1.807) is 12.3 Å². The standard InChI is InChI=1S/C13H9N5S/c14-8-10-12(15)18-11(6-7-16-18)17-13(10)19-9-4-2-1-3-5-9/h1-7H,15H2. The van der Waals surface area contributed by atoms with E-state index in [-0.39, 0.29) is 0 Å². The summed E-state index contributed by atoms with van der Waals surface area (Å²) in [6.07, 6.45) is 1.61. The summed E-state index contributed by atoms with van der Waals surface area (Å²) >= 11 is 1.42. The molecule has 0 spiro atoms. The van der Waals surface area contributed by atoms with Crippen LogP contribution in [0, 0.1) is 11.3 Å². The summed E-state index contributed by atoms with van der Waals surface area (Å²) in [5.74, 6) is 0.316. The van der Waals surface area contributed by atoms with Crippen LogP contribution in [0.5, 0.6) is 0 Å². The van der Waals surface area contributed by atoms with Crippen molar-refractivity contribution in [1.29, 1.82) is 5.26 Å². The van der Waals surface area contributed by atoms with Crippen LogP contribution in [0.1, 0.15) is 5.56 Å². The Bertz CT molecular complexity index is 773. The number of hydrogen-bond donors (Lipinski definition) is 1. The number of nitrogens with two attached hydrogens (primary N) is 1. The zero-order chi connectivity index (χ0) is 13.2. The predicted octanol–water partition coefficient (Wildman–Crippen LogP) is 2.33. The third kappa shape index (κ3) is 2.00. The Labute approximate surface area is 113 Å². The Morgan fingerprint density at radius 3 is 2.74 bits per heavy atom. The Balaban J connectivity index is 2.15.